The van der Waals surface area contributed by atoms with Crippen molar-refractivity contribution in [2.45, 2.75) is 19.8 Å². The van der Waals surface area contributed by atoms with E-state index in [9.17, 15) is 4.79 Å². The van der Waals surface area contributed by atoms with Crippen LogP contribution in [0.2, 0.25) is 10.0 Å². The SMILES string of the molecule is COc1ccc(-c2ocnc2C(=O)NCCCc2cccc(Cl)c2Cl)cc1C. The van der Waals surface area contributed by atoms with Gasteiger partial charge in [0.15, 0.2) is 17.8 Å². The number of aromatic nitrogens is 1. The van der Waals surface area contributed by atoms with Crippen LogP contribution >= 0.6 is 23.2 Å². The number of ether oxygens (including phenoxy) is 1. The molecule has 0 aliphatic carbocycles. The molecule has 0 bridgehead atoms. The van der Waals surface area contributed by atoms with E-state index in [0.717, 1.165) is 28.9 Å². The number of rotatable bonds is 7. The number of amides is 1. The third-order valence-electron chi connectivity index (χ3n) is 4.38. The highest BCUT2D eigenvalue weighted by Crippen LogP contribution is 2.28. The average molecular weight is 419 g/mol. The number of nitrogens with zero attached hydrogens (tertiary/aromatic N) is 1. The average Bonchev–Trinajstić information content (AvgIpc) is 3.18. The van der Waals surface area contributed by atoms with Crippen LogP contribution in [0, 0.1) is 6.92 Å². The zero-order valence-corrected chi connectivity index (χ0v) is 17.1. The maximum atomic E-state index is 12.5. The lowest BCUT2D eigenvalue weighted by Gasteiger charge is -2.08. The Kier molecular flexibility index (Phi) is 6.60. The van der Waals surface area contributed by atoms with Crippen LogP contribution in [0.5, 0.6) is 5.75 Å². The van der Waals surface area contributed by atoms with Gasteiger partial charge in [-0.25, -0.2) is 4.98 Å². The van der Waals surface area contributed by atoms with Gasteiger partial charge in [0.05, 0.1) is 17.2 Å². The van der Waals surface area contributed by atoms with E-state index >= 15 is 0 Å². The molecule has 28 heavy (non-hydrogen) atoms. The molecule has 0 saturated carbocycles. The molecule has 1 amide bonds. The van der Waals surface area contributed by atoms with Gasteiger partial charge in [0.25, 0.3) is 5.91 Å². The summed E-state index contributed by atoms with van der Waals surface area (Å²) in [5.41, 5.74) is 2.93. The van der Waals surface area contributed by atoms with Crippen LogP contribution in [-0.4, -0.2) is 24.5 Å². The Morgan fingerprint density at radius 3 is 2.82 bits per heavy atom. The number of carbonyl (C=O) groups is 1. The first-order valence-corrected chi connectivity index (χ1v) is 9.56. The van der Waals surface area contributed by atoms with Crippen molar-refractivity contribution in [2.75, 3.05) is 13.7 Å². The molecule has 0 aliphatic rings. The van der Waals surface area contributed by atoms with Gasteiger partial charge in [-0.2, -0.15) is 0 Å². The first-order chi connectivity index (χ1) is 13.5. The van der Waals surface area contributed by atoms with Gasteiger partial charge in [0, 0.05) is 12.1 Å². The fourth-order valence-corrected chi connectivity index (χ4v) is 3.35. The molecule has 1 N–H and O–H groups in total. The zero-order valence-electron chi connectivity index (χ0n) is 15.6. The van der Waals surface area contributed by atoms with Gasteiger partial charge < -0.3 is 14.5 Å². The van der Waals surface area contributed by atoms with Crippen LogP contribution in [0.15, 0.2) is 47.2 Å². The maximum Gasteiger partial charge on any atom is 0.273 e. The molecule has 5 nitrogen and oxygen atoms in total. The molecule has 0 atom stereocenters. The predicted octanol–water partition coefficient (Wildman–Crippen LogP) is 5.33. The monoisotopic (exact) mass is 418 g/mol. The molecule has 0 fully saturated rings. The van der Waals surface area contributed by atoms with Gasteiger partial charge in [0.2, 0.25) is 0 Å². The molecule has 3 aromatic rings. The van der Waals surface area contributed by atoms with Gasteiger partial charge in [-0.3, -0.25) is 4.79 Å². The number of hydrogen-bond donors (Lipinski definition) is 1. The second kappa shape index (κ2) is 9.13. The Labute approximate surface area is 173 Å². The minimum absolute atomic E-state index is 0.255. The van der Waals surface area contributed by atoms with Gasteiger partial charge in [-0.15, -0.1) is 0 Å². The third-order valence-corrected chi connectivity index (χ3v) is 5.24. The number of oxazole rings is 1. The molecule has 1 aromatic heterocycles. The molecule has 1 heterocycles. The summed E-state index contributed by atoms with van der Waals surface area (Å²) in [6.07, 6.45) is 2.71. The number of aryl methyl sites for hydroxylation is 2. The molecule has 0 unspecified atom stereocenters. The van der Waals surface area contributed by atoms with E-state index in [-0.39, 0.29) is 11.6 Å². The van der Waals surface area contributed by atoms with Crippen molar-refractivity contribution in [1.29, 1.82) is 0 Å². The van der Waals surface area contributed by atoms with Crippen LogP contribution < -0.4 is 10.1 Å². The normalized spacial score (nSPS) is 10.7. The van der Waals surface area contributed by atoms with E-state index in [2.05, 4.69) is 10.3 Å². The molecule has 3 rings (SSSR count). The first kappa shape index (κ1) is 20.2. The topological polar surface area (TPSA) is 64.4 Å². The number of hydrogen-bond acceptors (Lipinski definition) is 4. The first-order valence-electron chi connectivity index (χ1n) is 8.81. The number of halogens is 2. The van der Waals surface area contributed by atoms with Gasteiger partial charge in [-0.05, 0) is 55.2 Å². The summed E-state index contributed by atoms with van der Waals surface area (Å²) in [5, 5.41) is 3.97. The molecule has 146 valence electrons. The fourth-order valence-electron chi connectivity index (χ4n) is 2.94. The molecule has 2 aromatic carbocycles. The Bertz CT molecular complexity index is 986. The van der Waals surface area contributed by atoms with Crippen molar-refractivity contribution in [3.8, 4) is 17.1 Å². The van der Waals surface area contributed by atoms with E-state index in [1.165, 1.54) is 6.39 Å². The van der Waals surface area contributed by atoms with Gasteiger partial charge in [-0.1, -0.05) is 35.3 Å². The Hall–Kier alpha value is -2.50. The third kappa shape index (κ3) is 4.49. The molecule has 0 radical (unpaired) electrons. The summed E-state index contributed by atoms with van der Waals surface area (Å²) in [7, 11) is 1.62. The Morgan fingerprint density at radius 2 is 2.07 bits per heavy atom. The summed E-state index contributed by atoms with van der Waals surface area (Å²) >= 11 is 12.2. The number of methoxy groups -OCH3 is 1. The Morgan fingerprint density at radius 1 is 1.25 bits per heavy atom. The highest BCUT2D eigenvalue weighted by Gasteiger charge is 2.18. The minimum atomic E-state index is -0.283. The smallest absolute Gasteiger partial charge is 0.273 e. The molecule has 0 spiro atoms. The summed E-state index contributed by atoms with van der Waals surface area (Å²) in [6.45, 7) is 2.41. The largest absolute Gasteiger partial charge is 0.496 e. The Balaban J connectivity index is 1.62. The lowest BCUT2D eigenvalue weighted by molar-refractivity contribution is 0.0949. The van der Waals surface area contributed by atoms with E-state index in [0.29, 0.717) is 28.8 Å². The second-order valence-corrected chi connectivity index (χ2v) is 7.07. The summed E-state index contributed by atoms with van der Waals surface area (Å²) in [4.78, 5) is 16.6. The highest BCUT2D eigenvalue weighted by atomic mass is 35.5. The highest BCUT2D eigenvalue weighted by molar-refractivity contribution is 6.42. The van der Waals surface area contributed by atoms with Crippen molar-refractivity contribution in [1.82, 2.24) is 10.3 Å². The lowest BCUT2D eigenvalue weighted by atomic mass is 10.1. The van der Waals surface area contributed by atoms with Crippen LogP contribution in [0.25, 0.3) is 11.3 Å². The summed E-state index contributed by atoms with van der Waals surface area (Å²) in [6, 6.07) is 11.1. The fraction of sp³-hybridized carbons (Fsp3) is 0.238. The predicted molar refractivity (Wildman–Crippen MR) is 110 cm³/mol. The van der Waals surface area contributed by atoms with Crippen LogP contribution in [0.3, 0.4) is 0 Å². The maximum absolute atomic E-state index is 12.5. The molecule has 7 heteroatoms. The summed E-state index contributed by atoms with van der Waals surface area (Å²) in [5.74, 6) is 0.921. The van der Waals surface area contributed by atoms with Crippen molar-refractivity contribution in [3.63, 3.8) is 0 Å². The van der Waals surface area contributed by atoms with Crippen LogP contribution in [0.4, 0.5) is 0 Å². The molecular formula is C21H20Cl2N2O3. The van der Waals surface area contributed by atoms with Crippen molar-refractivity contribution in [2.24, 2.45) is 0 Å². The standard InChI is InChI=1S/C21H20Cl2N2O3/c1-13-11-15(8-9-17(13)27-2)20-19(25-12-28-20)21(26)24-10-4-6-14-5-3-7-16(22)18(14)23/h3,5,7-9,11-12H,4,6,10H2,1-2H3,(H,24,26). The second-order valence-electron chi connectivity index (χ2n) is 6.29. The lowest BCUT2D eigenvalue weighted by Crippen LogP contribution is -2.25. The number of benzene rings is 2. The quantitative estimate of drug-likeness (QED) is 0.526. The zero-order chi connectivity index (χ0) is 20.1. The van der Waals surface area contributed by atoms with E-state index in [1.54, 1.807) is 13.2 Å². The molecular weight excluding hydrogens is 399 g/mol. The minimum Gasteiger partial charge on any atom is -0.496 e. The van der Waals surface area contributed by atoms with Crippen LogP contribution in [0.1, 0.15) is 28.0 Å². The molecule has 0 aliphatic heterocycles. The van der Waals surface area contributed by atoms with E-state index in [1.807, 2.05) is 37.3 Å². The molecule has 0 saturated heterocycles. The van der Waals surface area contributed by atoms with Gasteiger partial charge >= 0.3 is 0 Å². The number of carbonyl (C=O) groups excluding carboxylic acids is 1. The van der Waals surface area contributed by atoms with E-state index in [4.69, 9.17) is 32.4 Å². The van der Waals surface area contributed by atoms with E-state index < -0.39 is 0 Å². The van der Waals surface area contributed by atoms with Gasteiger partial charge in [0.1, 0.15) is 5.75 Å². The van der Waals surface area contributed by atoms with Crippen LogP contribution in [-0.2, 0) is 6.42 Å². The van der Waals surface area contributed by atoms with Crippen molar-refractivity contribution in [3.05, 3.63) is 69.7 Å². The van der Waals surface area contributed by atoms with Crippen molar-refractivity contribution < 1.29 is 13.9 Å². The van der Waals surface area contributed by atoms with Crippen molar-refractivity contribution >= 4 is 29.1 Å². The number of nitrogens with one attached hydrogen (secondary N) is 1. The summed E-state index contributed by atoms with van der Waals surface area (Å²) < 4.78 is 10.7.